The summed E-state index contributed by atoms with van der Waals surface area (Å²) in [5, 5.41) is 13.2. The van der Waals surface area contributed by atoms with Crippen LogP contribution in [0.3, 0.4) is 0 Å². The highest BCUT2D eigenvalue weighted by Gasteiger charge is 2.21. The highest BCUT2D eigenvalue weighted by atomic mass is 15.3. The summed E-state index contributed by atoms with van der Waals surface area (Å²) in [6.07, 6.45) is 7.19. The van der Waals surface area contributed by atoms with Crippen molar-refractivity contribution < 1.29 is 0 Å². The highest BCUT2D eigenvalue weighted by molar-refractivity contribution is 4.94. The van der Waals surface area contributed by atoms with Crippen LogP contribution in [-0.2, 0) is 6.54 Å². The monoisotopic (exact) mass is 204 g/mol. The van der Waals surface area contributed by atoms with E-state index in [9.17, 15) is 0 Å². The van der Waals surface area contributed by atoms with E-state index in [1.807, 2.05) is 16.9 Å². The van der Waals surface area contributed by atoms with Gasteiger partial charge < -0.3 is 0 Å². The van der Waals surface area contributed by atoms with Crippen molar-refractivity contribution in [1.82, 2.24) is 14.7 Å². The van der Waals surface area contributed by atoms with Crippen LogP contribution < -0.4 is 0 Å². The van der Waals surface area contributed by atoms with Gasteiger partial charge in [-0.25, -0.2) is 0 Å². The van der Waals surface area contributed by atoms with Crippen LogP contribution in [-0.4, -0.2) is 33.8 Å². The second-order valence-corrected chi connectivity index (χ2v) is 3.95. The Morgan fingerprint density at radius 3 is 3.07 bits per heavy atom. The maximum Gasteiger partial charge on any atom is 0.0978 e. The van der Waals surface area contributed by atoms with Crippen molar-refractivity contribution in [1.29, 1.82) is 5.26 Å². The van der Waals surface area contributed by atoms with Crippen molar-refractivity contribution >= 4 is 0 Å². The molecule has 0 spiro atoms. The van der Waals surface area contributed by atoms with Crippen LogP contribution >= 0.6 is 0 Å². The molecule has 80 valence electrons. The molecule has 1 unspecified atom stereocenters. The van der Waals surface area contributed by atoms with Gasteiger partial charge in [-0.2, -0.15) is 10.4 Å². The van der Waals surface area contributed by atoms with Gasteiger partial charge in [-0.3, -0.25) is 9.58 Å². The molecule has 1 aromatic rings. The standard InChI is InChI=1S/C11H16N4/c12-10-11-4-1-2-6-14(11)8-9-15-7-3-5-13-15/h3,5,7,11H,1-2,4,6,8-9H2. The lowest BCUT2D eigenvalue weighted by Gasteiger charge is -2.31. The Balaban J connectivity index is 1.85. The molecular weight excluding hydrogens is 188 g/mol. The molecule has 1 aromatic heterocycles. The van der Waals surface area contributed by atoms with Gasteiger partial charge >= 0.3 is 0 Å². The Bertz CT molecular complexity index is 325. The van der Waals surface area contributed by atoms with Gasteiger partial charge in [0.2, 0.25) is 0 Å². The number of rotatable bonds is 3. The predicted octanol–water partition coefficient (Wildman–Crippen LogP) is 1.26. The minimum Gasteiger partial charge on any atom is -0.286 e. The van der Waals surface area contributed by atoms with E-state index in [0.717, 1.165) is 26.1 Å². The molecule has 1 fully saturated rings. The Morgan fingerprint density at radius 2 is 2.33 bits per heavy atom. The summed E-state index contributed by atoms with van der Waals surface area (Å²) < 4.78 is 1.92. The number of hydrogen-bond acceptors (Lipinski definition) is 3. The van der Waals surface area contributed by atoms with Gasteiger partial charge in [0.25, 0.3) is 0 Å². The zero-order chi connectivity index (χ0) is 10.5. The summed E-state index contributed by atoms with van der Waals surface area (Å²) in [4.78, 5) is 2.27. The minimum atomic E-state index is 0.120. The van der Waals surface area contributed by atoms with E-state index in [0.29, 0.717) is 0 Å². The summed E-state index contributed by atoms with van der Waals surface area (Å²) in [6, 6.07) is 4.43. The molecule has 0 N–H and O–H groups in total. The first-order chi connectivity index (χ1) is 7.40. The summed E-state index contributed by atoms with van der Waals surface area (Å²) in [7, 11) is 0. The third kappa shape index (κ3) is 2.57. The van der Waals surface area contributed by atoms with E-state index in [1.165, 1.54) is 12.8 Å². The number of nitriles is 1. The van der Waals surface area contributed by atoms with Crippen LogP contribution in [0.2, 0.25) is 0 Å². The van der Waals surface area contributed by atoms with Gasteiger partial charge in [0.05, 0.1) is 18.7 Å². The third-order valence-corrected chi connectivity index (χ3v) is 2.94. The Kier molecular flexibility index (Phi) is 3.36. The molecule has 2 rings (SSSR count). The summed E-state index contributed by atoms with van der Waals surface area (Å²) >= 11 is 0. The molecule has 1 aliphatic rings. The number of hydrogen-bond donors (Lipinski definition) is 0. The molecular formula is C11H16N4. The van der Waals surface area contributed by atoms with Gasteiger partial charge in [-0.05, 0) is 31.9 Å². The zero-order valence-corrected chi connectivity index (χ0v) is 8.84. The van der Waals surface area contributed by atoms with Crippen LogP contribution in [0.1, 0.15) is 19.3 Å². The van der Waals surface area contributed by atoms with E-state index in [1.54, 1.807) is 6.20 Å². The summed E-state index contributed by atoms with van der Waals surface area (Å²) in [5.41, 5.74) is 0. The molecule has 0 saturated carbocycles. The van der Waals surface area contributed by atoms with Crippen molar-refractivity contribution in [3.8, 4) is 6.07 Å². The Morgan fingerprint density at radius 1 is 1.40 bits per heavy atom. The normalized spacial score (nSPS) is 22.5. The van der Waals surface area contributed by atoms with Crippen LogP contribution in [0.5, 0.6) is 0 Å². The quantitative estimate of drug-likeness (QED) is 0.744. The van der Waals surface area contributed by atoms with E-state index in [2.05, 4.69) is 16.1 Å². The molecule has 1 aliphatic heterocycles. The Hall–Kier alpha value is -1.34. The van der Waals surface area contributed by atoms with Crippen molar-refractivity contribution in [3.05, 3.63) is 18.5 Å². The van der Waals surface area contributed by atoms with Gasteiger partial charge in [0.15, 0.2) is 0 Å². The molecule has 0 aromatic carbocycles. The lowest BCUT2D eigenvalue weighted by Crippen LogP contribution is -2.40. The third-order valence-electron chi connectivity index (χ3n) is 2.94. The SMILES string of the molecule is N#CC1CCCCN1CCn1cccn1. The molecule has 1 saturated heterocycles. The highest BCUT2D eigenvalue weighted by Crippen LogP contribution is 2.15. The van der Waals surface area contributed by atoms with Crippen molar-refractivity contribution in [3.63, 3.8) is 0 Å². The van der Waals surface area contributed by atoms with E-state index in [4.69, 9.17) is 5.26 Å². The first-order valence-corrected chi connectivity index (χ1v) is 5.51. The zero-order valence-electron chi connectivity index (χ0n) is 8.84. The topological polar surface area (TPSA) is 44.9 Å². The number of piperidine rings is 1. The maximum atomic E-state index is 9.00. The smallest absolute Gasteiger partial charge is 0.0978 e. The average molecular weight is 204 g/mol. The number of nitrogens with zero attached hydrogens (tertiary/aromatic N) is 4. The van der Waals surface area contributed by atoms with Gasteiger partial charge in [0, 0.05) is 18.9 Å². The van der Waals surface area contributed by atoms with E-state index < -0.39 is 0 Å². The van der Waals surface area contributed by atoms with Crippen LogP contribution in [0.15, 0.2) is 18.5 Å². The fourth-order valence-electron chi connectivity index (χ4n) is 2.07. The molecule has 15 heavy (non-hydrogen) atoms. The molecule has 0 bridgehead atoms. The molecule has 0 aliphatic carbocycles. The number of likely N-dealkylation sites (tertiary alicyclic amines) is 1. The fraction of sp³-hybridized carbons (Fsp3) is 0.636. The lowest BCUT2D eigenvalue weighted by atomic mass is 10.0. The van der Waals surface area contributed by atoms with Gasteiger partial charge in [-0.1, -0.05) is 0 Å². The fourth-order valence-corrected chi connectivity index (χ4v) is 2.07. The first-order valence-electron chi connectivity index (χ1n) is 5.51. The average Bonchev–Trinajstić information content (AvgIpc) is 2.79. The van der Waals surface area contributed by atoms with Gasteiger partial charge in [0.1, 0.15) is 0 Å². The molecule has 4 heteroatoms. The van der Waals surface area contributed by atoms with Gasteiger partial charge in [-0.15, -0.1) is 0 Å². The Labute approximate surface area is 90.1 Å². The predicted molar refractivity (Wildman–Crippen MR) is 57.1 cm³/mol. The molecule has 0 amide bonds. The molecule has 2 heterocycles. The van der Waals surface area contributed by atoms with Crippen molar-refractivity contribution in [2.24, 2.45) is 0 Å². The first kappa shape index (κ1) is 10.2. The second-order valence-electron chi connectivity index (χ2n) is 3.95. The molecule has 4 nitrogen and oxygen atoms in total. The maximum absolute atomic E-state index is 9.00. The van der Waals surface area contributed by atoms with E-state index in [-0.39, 0.29) is 6.04 Å². The lowest BCUT2D eigenvalue weighted by molar-refractivity contribution is 0.176. The van der Waals surface area contributed by atoms with Crippen LogP contribution in [0, 0.1) is 11.3 Å². The largest absolute Gasteiger partial charge is 0.286 e. The number of aromatic nitrogens is 2. The minimum absolute atomic E-state index is 0.120. The van der Waals surface area contributed by atoms with Crippen LogP contribution in [0.25, 0.3) is 0 Å². The van der Waals surface area contributed by atoms with Crippen molar-refractivity contribution in [2.45, 2.75) is 31.8 Å². The van der Waals surface area contributed by atoms with Crippen LogP contribution in [0.4, 0.5) is 0 Å². The van der Waals surface area contributed by atoms with E-state index >= 15 is 0 Å². The van der Waals surface area contributed by atoms with Crippen molar-refractivity contribution in [2.75, 3.05) is 13.1 Å². The summed E-state index contributed by atoms with van der Waals surface area (Å²) in [5.74, 6) is 0. The summed E-state index contributed by atoms with van der Waals surface area (Å²) in [6.45, 7) is 2.87. The second kappa shape index (κ2) is 4.94. The molecule has 0 radical (unpaired) electrons. The molecule has 1 atom stereocenters.